The Bertz CT molecular complexity index is 3590. The zero-order valence-electron chi connectivity index (χ0n) is 29.3. The largest absolute Gasteiger partial charge is 0.454 e. The SMILES string of the molecule is [B]c1c([B])c([B])c2c(sc3c([B])c4c5c([B])c([B])c([B])c([B])c5n(-c5cc(-c6nc7ccccc7s6)cc6c5oc5ccc7ccccc7c56)c4c([B])c32)c1[B]. The van der Waals surface area contributed by atoms with Crippen molar-refractivity contribution in [1.82, 2.24) is 9.55 Å². The quantitative estimate of drug-likeness (QED) is 0.243. The van der Waals surface area contributed by atoms with Crippen LogP contribution in [0.4, 0.5) is 0 Å². The van der Waals surface area contributed by atoms with Crippen LogP contribution in [-0.2, 0) is 0 Å². The first-order valence-electron chi connectivity index (χ1n) is 17.4. The molecule has 0 aliphatic rings. The molecule has 0 spiro atoms. The van der Waals surface area contributed by atoms with Crippen molar-refractivity contribution < 1.29 is 4.42 Å². The van der Waals surface area contributed by atoms with Crippen LogP contribution in [0.1, 0.15) is 0 Å². The molecule has 7 aromatic carbocycles. The summed E-state index contributed by atoms with van der Waals surface area (Å²) in [6, 6.07) is 24.4. The van der Waals surface area contributed by atoms with Crippen molar-refractivity contribution in [2.24, 2.45) is 0 Å². The highest BCUT2D eigenvalue weighted by Gasteiger charge is 2.28. The number of para-hydroxylation sites is 1. The van der Waals surface area contributed by atoms with E-state index < -0.39 is 0 Å². The number of benzene rings is 7. The molecule has 234 valence electrons. The van der Waals surface area contributed by atoms with Gasteiger partial charge in [-0.2, -0.15) is 0 Å². The molecule has 0 aliphatic carbocycles. The Morgan fingerprint density at radius 2 is 1.12 bits per heavy atom. The average Bonchev–Trinajstić information content (AvgIpc) is 4.00. The third kappa shape index (κ3) is 4.34. The number of hydrogen-bond donors (Lipinski definition) is 0. The molecule has 0 saturated heterocycles. The molecule has 15 heteroatoms. The van der Waals surface area contributed by atoms with Gasteiger partial charge < -0.3 is 8.98 Å². The fourth-order valence-electron chi connectivity index (χ4n) is 8.42. The van der Waals surface area contributed by atoms with Crippen molar-refractivity contribution in [2.45, 2.75) is 0 Å². The van der Waals surface area contributed by atoms with E-state index in [-0.39, 0.29) is 43.7 Å². The molecule has 0 atom stereocenters. The van der Waals surface area contributed by atoms with E-state index in [0.29, 0.717) is 69.8 Å². The predicted octanol–water partition coefficient (Wildman–Crippen LogP) is 0.419. The van der Waals surface area contributed by atoms with Gasteiger partial charge in [-0.05, 0) is 57.3 Å². The van der Waals surface area contributed by atoms with Gasteiger partial charge >= 0.3 is 0 Å². The Labute approximate surface area is 341 Å². The van der Waals surface area contributed by atoms with Crippen LogP contribution in [0.3, 0.4) is 0 Å². The van der Waals surface area contributed by atoms with Crippen molar-refractivity contribution in [2.75, 3.05) is 0 Å². The molecule has 11 rings (SSSR count). The molecule has 0 aliphatic heterocycles. The average molecular weight is 721 g/mol. The van der Waals surface area contributed by atoms with Crippen LogP contribution in [0.5, 0.6) is 0 Å². The molecule has 0 amide bonds. The second-order valence-electron chi connectivity index (χ2n) is 14.1. The summed E-state index contributed by atoms with van der Waals surface area (Å²) in [5.41, 5.74) is 6.66. The Morgan fingerprint density at radius 3 is 1.91 bits per heavy atom. The van der Waals surface area contributed by atoms with E-state index in [2.05, 4.69) is 24.3 Å². The Balaban J connectivity index is 1.41. The summed E-state index contributed by atoms with van der Waals surface area (Å²) in [4.78, 5) is 5.06. The molecular weight excluding hydrogens is 709 g/mol. The van der Waals surface area contributed by atoms with E-state index in [9.17, 15) is 0 Å². The van der Waals surface area contributed by atoms with E-state index in [1.165, 1.54) is 11.3 Å². The number of nitrogens with zero attached hydrogens (tertiary/aromatic N) is 2. The minimum Gasteiger partial charge on any atom is -0.454 e. The highest BCUT2D eigenvalue weighted by molar-refractivity contribution is 7.28. The number of thiophene rings is 1. The third-order valence-electron chi connectivity index (χ3n) is 11.1. The zero-order valence-corrected chi connectivity index (χ0v) is 31.0. The standard InChI is InChI=1S/C41H12B10N2OS2/c42-26-22-23-29(45)39-25(24-27(43)31(47)33(49)35(51)40(24)56-39)28(44)36(23)53(37(22)34(50)32(48)30(26)46)18-12-14(41-52-17-7-3-4-8-20(17)55-41)11-16-21-15-6-2-1-5-13(15)9-10-19(21)54-38(16)18/h1-12H. The lowest BCUT2D eigenvalue weighted by Crippen LogP contribution is -2.48. The molecule has 0 saturated carbocycles. The summed E-state index contributed by atoms with van der Waals surface area (Å²) in [6.45, 7) is 0. The van der Waals surface area contributed by atoms with Gasteiger partial charge in [0.2, 0.25) is 0 Å². The minimum absolute atomic E-state index is 0.123. The summed E-state index contributed by atoms with van der Waals surface area (Å²) in [7, 11) is 67.7. The Kier molecular flexibility index (Phi) is 7.28. The molecule has 3 nitrogen and oxygen atoms in total. The highest BCUT2D eigenvalue weighted by atomic mass is 32.1. The number of hydrogen-bond acceptors (Lipinski definition) is 4. The predicted molar refractivity (Wildman–Crippen MR) is 251 cm³/mol. The van der Waals surface area contributed by atoms with Gasteiger partial charge in [0.25, 0.3) is 0 Å². The first kappa shape index (κ1) is 34.4. The zero-order chi connectivity index (χ0) is 38.6. The van der Waals surface area contributed by atoms with Gasteiger partial charge in [0.15, 0.2) is 5.58 Å². The van der Waals surface area contributed by atoms with Crippen LogP contribution >= 0.6 is 22.7 Å². The summed E-state index contributed by atoms with van der Waals surface area (Å²) < 4.78 is 11.0. The molecule has 0 N–H and O–H groups in total. The Hall–Kier alpha value is -4.84. The molecule has 11 aromatic rings. The summed E-state index contributed by atoms with van der Waals surface area (Å²) in [5.74, 6) is 0. The normalized spacial score (nSPS) is 12.3. The van der Waals surface area contributed by atoms with E-state index in [4.69, 9.17) is 87.9 Å². The first-order valence-corrected chi connectivity index (χ1v) is 19.1. The van der Waals surface area contributed by atoms with Crippen LogP contribution in [0, 0.1) is 0 Å². The smallest absolute Gasteiger partial charge is 0.159 e. The fourth-order valence-corrected chi connectivity index (χ4v) is 10.6. The molecule has 0 unspecified atom stereocenters. The van der Waals surface area contributed by atoms with Gasteiger partial charge in [0.05, 0.1) is 15.9 Å². The van der Waals surface area contributed by atoms with Crippen LogP contribution in [0.2, 0.25) is 0 Å². The molecule has 4 heterocycles. The lowest BCUT2D eigenvalue weighted by atomic mass is 9.64. The van der Waals surface area contributed by atoms with E-state index >= 15 is 0 Å². The van der Waals surface area contributed by atoms with E-state index in [0.717, 1.165) is 42.3 Å². The highest BCUT2D eigenvalue weighted by Crippen LogP contribution is 2.43. The van der Waals surface area contributed by atoms with Crippen molar-refractivity contribution in [1.29, 1.82) is 0 Å². The second-order valence-corrected chi connectivity index (χ2v) is 16.1. The summed E-state index contributed by atoms with van der Waals surface area (Å²) in [6.07, 6.45) is 0. The maximum absolute atomic E-state index is 7.39. The van der Waals surface area contributed by atoms with Crippen LogP contribution in [0.15, 0.2) is 77.2 Å². The third-order valence-corrected chi connectivity index (χ3v) is 13.5. The van der Waals surface area contributed by atoms with Crippen molar-refractivity contribution in [3.05, 3.63) is 72.8 Å². The monoisotopic (exact) mass is 722 g/mol. The fraction of sp³-hybridized carbons (Fsp3) is 0. The minimum atomic E-state index is 0.123. The van der Waals surface area contributed by atoms with Crippen LogP contribution in [-0.4, -0.2) is 88.0 Å². The topological polar surface area (TPSA) is 31.0 Å². The molecule has 0 fully saturated rings. The molecule has 0 bridgehead atoms. The first-order chi connectivity index (χ1) is 27.0. The van der Waals surface area contributed by atoms with Crippen LogP contribution in [0.25, 0.3) is 101 Å². The van der Waals surface area contributed by atoms with E-state index in [1.54, 1.807) is 11.3 Å². The maximum atomic E-state index is 7.39. The van der Waals surface area contributed by atoms with Gasteiger partial charge in [0.1, 0.15) is 89.1 Å². The number of furan rings is 1. The van der Waals surface area contributed by atoms with E-state index in [1.807, 2.05) is 53.1 Å². The number of fused-ring (bicyclic) bond motifs is 12. The number of rotatable bonds is 2. The maximum Gasteiger partial charge on any atom is 0.159 e. The van der Waals surface area contributed by atoms with Gasteiger partial charge in [-0.15, -0.1) is 44.5 Å². The lowest BCUT2D eigenvalue weighted by molar-refractivity contribution is 0.667. The van der Waals surface area contributed by atoms with Gasteiger partial charge in [-0.3, -0.25) is 0 Å². The van der Waals surface area contributed by atoms with Crippen molar-refractivity contribution in [3.8, 4) is 16.3 Å². The second kappa shape index (κ2) is 11.8. The van der Waals surface area contributed by atoms with Crippen molar-refractivity contribution in [3.63, 3.8) is 0 Å². The summed E-state index contributed by atoms with van der Waals surface area (Å²) >= 11 is 2.90. The molecule has 56 heavy (non-hydrogen) atoms. The van der Waals surface area contributed by atoms with Gasteiger partial charge in [-0.1, -0.05) is 75.2 Å². The van der Waals surface area contributed by atoms with Gasteiger partial charge in [0, 0.05) is 42.2 Å². The lowest BCUT2D eigenvalue weighted by Gasteiger charge is -2.18. The molecule has 20 radical (unpaired) electrons. The number of thiazole rings is 1. The molecule has 4 aromatic heterocycles. The van der Waals surface area contributed by atoms with Crippen LogP contribution < -0.4 is 54.6 Å². The van der Waals surface area contributed by atoms with Crippen molar-refractivity contribution >= 4 is 241 Å². The summed E-state index contributed by atoms with van der Waals surface area (Å²) in [5, 5.41) is 6.78. The van der Waals surface area contributed by atoms with Gasteiger partial charge in [-0.25, -0.2) is 4.98 Å². The molecular formula is C41H12B10N2OS2. The number of aromatic nitrogens is 2. The Morgan fingerprint density at radius 1 is 0.500 bits per heavy atom.